The van der Waals surface area contributed by atoms with Crippen LogP contribution in [0.25, 0.3) is 6.08 Å². The number of allylic oxidation sites excluding steroid dienone is 2. The van der Waals surface area contributed by atoms with Gasteiger partial charge in [0.05, 0.1) is 21.0 Å². The van der Waals surface area contributed by atoms with E-state index in [0.29, 0.717) is 18.1 Å². The number of aldehydes is 2. The van der Waals surface area contributed by atoms with Crippen LogP contribution in [-0.2, 0) is 0 Å². The molecule has 0 unspecified atom stereocenters. The number of nitrogens with zero attached hydrogens (tertiary/aromatic N) is 2. The van der Waals surface area contributed by atoms with Crippen LogP contribution in [0.2, 0.25) is 5.02 Å². The molecular formula is C20H20BClN2O8. The van der Waals surface area contributed by atoms with E-state index >= 15 is 0 Å². The Labute approximate surface area is 188 Å². The van der Waals surface area contributed by atoms with Gasteiger partial charge in [-0.2, -0.15) is 0 Å². The largest absolute Gasteiger partial charge is 0.480 e. The lowest BCUT2D eigenvalue weighted by Crippen LogP contribution is -2.04. The fraction of sp³-hybridized carbons (Fsp3) is 0.100. The van der Waals surface area contributed by atoms with E-state index in [1.807, 2.05) is 6.92 Å². The Balaban J connectivity index is 0.000000487. The van der Waals surface area contributed by atoms with Crippen molar-refractivity contribution >= 4 is 48.7 Å². The number of hydrogen-bond donors (Lipinski definition) is 2. The van der Waals surface area contributed by atoms with Crippen molar-refractivity contribution < 1.29 is 29.5 Å². The van der Waals surface area contributed by atoms with Crippen molar-refractivity contribution in [1.29, 1.82) is 0 Å². The summed E-state index contributed by atoms with van der Waals surface area (Å²) < 4.78 is 0. The molecule has 10 nitrogen and oxygen atoms in total. The maximum atomic E-state index is 10.6. The highest BCUT2D eigenvalue weighted by atomic mass is 35.5. The Morgan fingerprint density at radius 1 is 0.875 bits per heavy atom. The number of benzene rings is 2. The molecule has 0 fully saturated rings. The molecule has 12 heteroatoms. The third-order valence-electron chi connectivity index (χ3n) is 3.42. The van der Waals surface area contributed by atoms with E-state index in [1.165, 1.54) is 30.2 Å². The van der Waals surface area contributed by atoms with E-state index in [-0.39, 0.29) is 27.5 Å². The first-order chi connectivity index (χ1) is 15.1. The van der Waals surface area contributed by atoms with Crippen molar-refractivity contribution in [3.05, 3.63) is 96.5 Å². The third kappa shape index (κ3) is 10.4. The Morgan fingerprint density at radius 3 is 1.75 bits per heavy atom. The van der Waals surface area contributed by atoms with Crippen molar-refractivity contribution in [3.8, 4) is 0 Å². The molecule has 0 aliphatic heterocycles. The summed E-state index contributed by atoms with van der Waals surface area (Å²) in [6.07, 6.45) is 6.00. The number of carbonyl (C=O) groups excluding carboxylic acids is 2. The van der Waals surface area contributed by atoms with Crippen LogP contribution in [0.3, 0.4) is 0 Å². The number of rotatable bonds is 6. The summed E-state index contributed by atoms with van der Waals surface area (Å²) >= 11 is 5.50. The van der Waals surface area contributed by atoms with Gasteiger partial charge < -0.3 is 10.0 Å². The number of carbonyl (C=O) groups is 2. The van der Waals surface area contributed by atoms with E-state index in [2.05, 4.69) is 0 Å². The van der Waals surface area contributed by atoms with Gasteiger partial charge in [0.25, 0.3) is 11.4 Å². The molecule has 0 radical (unpaired) electrons. The number of nitro groups is 2. The van der Waals surface area contributed by atoms with E-state index in [1.54, 1.807) is 31.2 Å². The van der Waals surface area contributed by atoms with Crippen molar-refractivity contribution in [2.75, 3.05) is 0 Å². The highest BCUT2D eigenvalue weighted by Gasteiger charge is 2.13. The van der Waals surface area contributed by atoms with E-state index in [0.717, 1.165) is 6.07 Å². The average Bonchev–Trinajstić information content (AvgIpc) is 2.74. The van der Waals surface area contributed by atoms with Gasteiger partial charge in [0.2, 0.25) is 0 Å². The van der Waals surface area contributed by atoms with Crippen LogP contribution in [0.5, 0.6) is 0 Å². The molecule has 0 atom stereocenters. The zero-order valence-corrected chi connectivity index (χ0v) is 17.9. The number of hydrogen-bond acceptors (Lipinski definition) is 8. The summed E-state index contributed by atoms with van der Waals surface area (Å²) in [6, 6.07) is 8.37. The fourth-order valence-corrected chi connectivity index (χ4v) is 2.23. The Kier molecular flexibility index (Phi) is 13.4. The van der Waals surface area contributed by atoms with Crippen LogP contribution in [0.4, 0.5) is 11.4 Å². The Morgan fingerprint density at radius 2 is 1.38 bits per heavy atom. The molecule has 32 heavy (non-hydrogen) atoms. The van der Waals surface area contributed by atoms with Gasteiger partial charge in [-0.3, -0.25) is 29.8 Å². The van der Waals surface area contributed by atoms with Crippen LogP contribution in [0.1, 0.15) is 40.1 Å². The molecule has 2 aromatic carbocycles. The Bertz CT molecular complexity index is 1010. The maximum Gasteiger partial charge on any atom is 0.480 e. The third-order valence-corrected chi connectivity index (χ3v) is 3.65. The summed E-state index contributed by atoms with van der Waals surface area (Å²) in [7, 11) is -1.28. The first-order valence-corrected chi connectivity index (χ1v) is 9.23. The lowest BCUT2D eigenvalue weighted by atomic mass is 9.92. The Hall–Kier alpha value is -3.67. The minimum Gasteiger partial charge on any atom is -0.424 e. The molecule has 0 saturated carbocycles. The highest BCUT2D eigenvalue weighted by Crippen LogP contribution is 2.21. The molecule has 0 bridgehead atoms. The molecule has 2 N–H and O–H groups in total. The van der Waals surface area contributed by atoms with Crippen LogP contribution >= 0.6 is 11.6 Å². The van der Waals surface area contributed by atoms with Gasteiger partial charge >= 0.3 is 7.12 Å². The van der Waals surface area contributed by atoms with Crippen LogP contribution < -0.4 is 0 Å². The van der Waals surface area contributed by atoms with Crippen molar-refractivity contribution in [2.24, 2.45) is 0 Å². The monoisotopic (exact) mass is 462 g/mol. The van der Waals surface area contributed by atoms with Crippen LogP contribution in [0.15, 0.2) is 54.5 Å². The zero-order valence-electron chi connectivity index (χ0n) is 17.1. The minimum absolute atomic E-state index is 0.0319. The zero-order chi connectivity index (χ0) is 24.7. The van der Waals surface area contributed by atoms with Crippen LogP contribution in [-0.4, -0.2) is 39.6 Å². The van der Waals surface area contributed by atoms with E-state index < -0.39 is 17.0 Å². The molecule has 0 heterocycles. The van der Waals surface area contributed by atoms with Crippen molar-refractivity contribution in [2.45, 2.75) is 13.8 Å². The molecule has 0 spiro atoms. The van der Waals surface area contributed by atoms with Gasteiger partial charge in [0.1, 0.15) is 0 Å². The average molecular weight is 463 g/mol. The molecule has 0 aliphatic rings. The number of nitro benzene ring substituents is 2. The smallest absolute Gasteiger partial charge is 0.424 e. The van der Waals surface area contributed by atoms with Gasteiger partial charge in [-0.1, -0.05) is 41.9 Å². The van der Waals surface area contributed by atoms with E-state index in [9.17, 15) is 29.8 Å². The molecule has 0 aliphatic carbocycles. The lowest BCUT2D eigenvalue weighted by molar-refractivity contribution is -0.385. The van der Waals surface area contributed by atoms with E-state index in [4.69, 9.17) is 21.6 Å². The predicted molar refractivity (Wildman–Crippen MR) is 122 cm³/mol. The molecule has 168 valence electrons. The summed E-state index contributed by atoms with van der Waals surface area (Å²) in [4.78, 5) is 40.5. The van der Waals surface area contributed by atoms with Gasteiger partial charge in [0.15, 0.2) is 12.6 Å². The predicted octanol–water partition coefficient (Wildman–Crippen LogP) is 4.08. The topological polar surface area (TPSA) is 161 Å². The molecule has 2 aromatic rings. The standard InChI is InChI=1S/C10H9NO3.C7H4ClNO3.C3H7BO2/c1-2-3-8-4-5-9(7-12)10(6-8)11(13)14;8-6-2-1-5(4-10)7(3-6)9(11)12;1-2-3-4(5)6/h2-7H,1H3;1-4H;2-3,5-6H,1H3/b3-2+;;3-2+. The minimum atomic E-state index is -1.28. The first-order valence-electron chi connectivity index (χ1n) is 8.85. The SMILES string of the molecule is C/C=C/B(O)O.C/C=C/c1ccc(C=O)c([N+](=O)[O-])c1.O=Cc1ccc(Cl)cc1[N+](=O)[O-]. The van der Waals surface area contributed by atoms with Crippen molar-refractivity contribution in [1.82, 2.24) is 0 Å². The summed E-state index contributed by atoms with van der Waals surface area (Å²) in [5.41, 5.74) is 0.422. The molecule has 0 saturated heterocycles. The maximum absolute atomic E-state index is 10.6. The number of halogens is 1. The van der Waals surface area contributed by atoms with Gasteiger partial charge in [-0.05, 0) is 37.6 Å². The second-order valence-corrected chi connectivity index (χ2v) is 6.15. The highest BCUT2D eigenvalue weighted by molar-refractivity contribution is 6.47. The quantitative estimate of drug-likeness (QED) is 0.281. The van der Waals surface area contributed by atoms with Crippen molar-refractivity contribution in [3.63, 3.8) is 0 Å². The first kappa shape index (κ1) is 28.3. The van der Waals surface area contributed by atoms with Gasteiger partial charge in [0, 0.05) is 17.2 Å². The molecule has 2 rings (SSSR count). The summed E-state index contributed by atoms with van der Waals surface area (Å²) in [5.74, 6) is 1.28. The second-order valence-electron chi connectivity index (χ2n) is 5.71. The van der Waals surface area contributed by atoms with Gasteiger partial charge in [-0.15, -0.1) is 0 Å². The van der Waals surface area contributed by atoms with Gasteiger partial charge in [-0.25, -0.2) is 0 Å². The van der Waals surface area contributed by atoms with Crippen LogP contribution in [0, 0.1) is 20.2 Å². The fourth-order valence-electron chi connectivity index (χ4n) is 2.06. The summed E-state index contributed by atoms with van der Waals surface area (Å²) in [5, 5.41) is 37.2. The molecule has 0 amide bonds. The lowest BCUT2D eigenvalue weighted by Gasteiger charge is -1.97. The molecule has 0 aromatic heterocycles. The normalized spacial score (nSPS) is 9.91. The molecular weight excluding hydrogens is 442 g/mol. The summed E-state index contributed by atoms with van der Waals surface area (Å²) in [6.45, 7) is 3.54. The second kappa shape index (κ2) is 15.2.